The van der Waals surface area contributed by atoms with Crippen molar-refractivity contribution in [3.8, 4) is 0 Å². The van der Waals surface area contributed by atoms with Crippen molar-refractivity contribution < 1.29 is 0 Å². The van der Waals surface area contributed by atoms with Gasteiger partial charge in [-0.25, -0.2) is 0 Å². The Morgan fingerprint density at radius 2 is 1.68 bits per heavy atom. The molecule has 3 atom stereocenters. The summed E-state index contributed by atoms with van der Waals surface area (Å²) < 4.78 is 0. The summed E-state index contributed by atoms with van der Waals surface area (Å²) in [6.07, 6.45) is 1.30. The van der Waals surface area contributed by atoms with E-state index < -0.39 is 0 Å². The fraction of sp³-hybridized carbons (Fsp3) is 0.333. The van der Waals surface area contributed by atoms with Crippen LogP contribution in [0.2, 0.25) is 0 Å². The Morgan fingerprint density at radius 3 is 2.32 bits per heavy atom. The molecule has 19 heavy (non-hydrogen) atoms. The van der Waals surface area contributed by atoms with Gasteiger partial charge < -0.3 is 5.32 Å². The summed E-state index contributed by atoms with van der Waals surface area (Å²) in [6, 6.07) is 20.3. The van der Waals surface area contributed by atoms with Crippen LogP contribution in [0.3, 0.4) is 0 Å². The molecule has 1 nitrogen and oxygen atoms in total. The van der Waals surface area contributed by atoms with E-state index in [-0.39, 0.29) is 0 Å². The van der Waals surface area contributed by atoms with E-state index >= 15 is 0 Å². The van der Waals surface area contributed by atoms with E-state index in [4.69, 9.17) is 0 Å². The molecule has 1 aliphatic rings. The third-order valence-corrected chi connectivity index (χ3v) is 4.24. The summed E-state index contributed by atoms with van der Waals surface area (Å²) in [4.78, 5) is 0. The topological polar surface area (TPSA) is 12.0 Å². The quantitative estimate of drug-likeness (QED) is 0.864. The lowest BCUT2D eigenvalue weighted by Crippen LogP contribution is -2.19. The van der Waals surface area contributed by atoms with Crippen LogP contribution in [0.5, 0.6) is 0 Å². The molecule has 1 fully saturated rings. The summed E-state index contributed by atoms with van der Waals surface area (Å²) in [6.45, 7) is 2.14. The highest BCUT2D eigenvalue weighted by molar-refractivity contribution is 5.31. The Labute approximate surface area is 115 Å². The van der Waals surface area contributed by atoms with Crippen molar-refractivity contribution in [2.75, 3.05) is 7.05 Å². The van der Waals surface area contributed by atoms with Gasteiger partial charge in [0.2, 0.25) is 0 Å². The van der Waals surface area contributed by atoms with Crippen LogP contribution in [0.4, 0.5) is 0 Å². The van der Waals surface area contributed by atoms with Crippen LogP contribution < -0.4 is 5.32 Å². The van der Waals surface area contributed by atoms with Crippen molar-refractivity contribution in [2.45, 2.75) is 25.3 Å². The highest BCUT2D eigenvalue weighted by Crippen LogP contribution is 2.53. The number of hydrogen-bond donors (Lipinski definition) is 1. The fourth-order valence-electron chi connectivity index (χ4n) is 3.07. The second-order valence-corrected chi connectivity index (χ2v) is 5.59. The highest BCUT2D eigenvalue weighted by atomic mass is 14.9. The molecule has 0 spiro atoms. The van der Waals surface area contributed by atoms with Crippen LogP contribution in [-0.2, 0) is 0 Å². The lowest BCUT2D eigenvalue weighted by atomic mass is 9.98. The van der Waals surface area contributed by atoms with Crippen LogP contribution in [-0.4, -0.2) is 7.05 Å². The Kier molecular flexibility index (Phi) is 3.39. The number of hydrogen-bond acceptors (Lipinski definition) is 1. The molecular formula is C18H21N. The first-order chi connectivity index (χ1) is 9.29. The number of benzene rings is 2. The molecule has 2 aromatic rings. The predicted octanol–water partition coefficient (Wildman–Crippen LogP) is 4.06. The van der Waals surface area contributed by atoms with Gasteiger partial charge in [-0.05, 0) is 43.4 Å². The molecule has 0 heterocycles. The smallest absolute Gasteiger partial charge is 0.0352 e. The summed E-state index contributed by atoms with van der Waals surface area (Å²) in [5.41, 5.74) is 4.23. The molecule has 1 heteroatoms. The Hall–Kier alpha value is -1.60. The van der Waals surface area contributed by atoms with Gasteiger partial charge in [0.05, 0.1) is 0 Å². The molecule has 1 aliphatic carbocycles. The van der Waals surface area contributed by atoms with Crippen LogP contribution >= 0.6 is 0 Å². The molecule has 3 rings (SSSR count). The van der Waals surface area contributed by atoms with Gasteiger partial charge in [-0.15, -0.1) is 0 Å². The number of rotatable bonds is 4. The first-order valence-corrected chi connectivity index (χ1v) is 7.08. The van der Waals surface area contributed by atoms with E-state index in [0.29, 0.717) is 6.04 Å². The van der Waals surface area contributed by atoms with Crippen LogP contribution in [0, 0.1) is 12.8 Å². The third kappa shape index (κ3) is 2.57. The number of nitrogens with one attached hydrogen (secondary N) is 1. The average Bonchev–Trinajstić information content (AvgIpc) is 3.23. The van der Waals surface area contributed by atoms with Crippen molar-refractivity contribution in [3.05, 3.63) is 71.3 Å². The van der Waals surface area contributed by atoms with Crippen molar-refractivity contribution in [3.63, 3.8) is 0 Å². The second kappa shape index (κ2) is 5.18. The molecule has 0 bridgehead atoms. The minimum atomic E-state index is 0.478. The normalized spacial score (nSPS) is 23.1. The maximum atomic E-state index is 3.50. The SMILES string of the molecule is CNC(c1ccc(C)cc1)C1CC1c1ccccc1. The molecule has 0 amide bonds. The molecule has 3 unspecified atom stereocenters. The molecule has 0 aliphatic heterocycles. The lowest BCUT2D eigenvalue weighted by molar-refractivity contribution is 0.518. The highest BCUT2D eigenvalue weighted by Gasteiger charge is 2.43. The zero-order chi connectivity index (χ0) is 13.2. The number of aryl methyl sites for hydroxylation is 1. The molecule has 0 radical (unpaired) electrons. The van der Waals surface area contributed by atoms with Gasteiger partial charge in [0.1, 0.15) is 0 Å². The first kappa shape index (κ1) is 12.4. The van der Waals surface area contributed by atoms with Gasteiger partial charge in [0.15, 0.2) is 0 Å². The van der Waals surface area contributed by atoms with Crippen LogP contribution in [0.1, 0.15) is 35.1 Å². The predicted molar refractivity (Wildman–Crippen MR) is 80.3 cm³/mol. The van der Waals surface area contributed by atoms with Crippen molar-refractivity contribution in [2.24, 2.45) is 5.92 Å². The molecule has 1 N–H and O–H groups in total. The maximum absolute atomic E-state index is 3.50. The molecule has 0 saturated heterocycles. The van der Waals surface area contributed by atoms with Gasteiger partial charge in [-0.3, -0.25) is 0 Å². The summed E-state index contributed by atoms with van der Waals surface area (Å²) in [5.74, 6) is 1.45. The van der Waals surface area contributed by atoms with Gasteiger partial charge in [-0.2, -0.15) is 0 Å². The standard InChI is InChI=1S/C18H21N/c1-13-8-10-15(11-9-13)18(19-2)17-12-16(17)14-6-4-3-5-7-14/h3-11,16-19H,12H2,1-2H3. The van der Waals surface area contributed by atoms with E-state index in [1.165, 1.54) is 23.1 Å². The van der Waals surface area contributed by atoms with Crippen molar-refractivity contribution in [1.82, 2.24) is 5.32 Å². The van der Waals surface area contributed by atoms with E-state index in [2.05, 4.69) is 73.9 Å². The minimum absolute atomic E-state index is 0.478. The van der Waals surface area contributed by atoms with E-state index in [9.17, 15) is 0 Å². The zero-order valence-electron chi connectivity index (χ0n) is 11.6. The Morgan fingerprint density at radius 1 is 1.00 bits per heavy atom. The molecule has 0 aromatic heterocycles. The lowest BCUT2D eigenvalue weighted by Gasteiger charge is -2.17. The molecule has 2 aromatic carbocycles. The minimum Gasteiger partial charge on any atom is -0.313 e. The third-order valence-electron chi connectivity index (χ3n) is 4.24. The van der Waals surface area contributed by atoms with Crippen LogP contribution in [0.25, 0.3) is 0 Å². The monoisotopic (exact) mass is 251 g/mol. The van der Waals surface area contributed by atoms with Gasteiger partial charge in [0, 0.05) is 6.04 Å². The van der Waals surface area contributed by atoms with E-state index in [0.717, 1.165) is 11.8 Å². The van der Waals surface area contributed by atoms with Crippen molar-refractivity contribution >= 4 is 0 Å². The summed E-state index contributed by atoms with van der Waals surface area (Å²) in [5, 5.41) is 3.50. The molecular weight excluding hydrogens is 230 g/mol. The molecule has 98 valence electrons. The van der Waals surface area contributed by atoms with Gasteiger partial charge >= 0.3 is 0 Å². The van der Waals surface area contributed by atoms with Gasteiger partial charge in [-0.1, -0.05) is 60.2 Å². The summed E-state index contributed by atoms with van der Waals surface area (Å²) in [7, 11) is 2.07. The van der Waals surface area contributed by atoms with E-state index in [1.807, 2.05) is 0 Å². The second-order valence-electron chi connectivity index (χ2n) is 5.59. The van der Waals surface area contributed by atoms with Crippen molar-refractivity contribution in [1.29, 1.82) is 0 Å². The fourth-order valence-corrected chi connectivity index (χ4v) is 3.07. The largest absolute Gasteiger partial charge is 0.313 e. The molecule has 1 saturated carbocycles. The maximum Gasteiger partial charge on any atom is 0.0352 e. The zero-order valence-corrected chi connectivity index (χ0v) is 11.6. The van der Waals surface area contributed by atoms with Crippen LogP contribution in [0.15, 0.2) is 54.6 Å². The van der Waals surface area contributed by atoms with E-state index in [1.54, 1.807) is 0 Å². The van der Waals surface area contributed by atoms with Gasteiger partial charge in [0.25, 0.3) is 0 Å². The summed E-state index contributed by atoms with van der Waals surface area (Å²) >= 11 is 0. The Balaban J connectivity index is 1.77. The average molecular weight is 251 g/mol. The first-order valence-electron chi connectivity index (χ1n) is 7.08. The Bertz CT molecular complexity index is 529.